The van der Waals surface area contributed by atoms with Crippen LogP contribution in [-0.4, -0.2) is 41.1 Å². The van der Waals surface area contributed by atoms with E-state index < -0.39 is 19.7 Å². The van der Waals surface area contributed by atoms with Gasteiger partial charge in [0.25, 0.3) is 5.91 Å². The largest absolute Gasteiger partial charge is 0.481 e. The molecule has 1 saturated carbocycles. The molecular formula is C24H34N4O3Si. The fraction of sp³-hybridized carbons (Fsp3) is 0.542. The quantitative estimate of drug-likeness (QED) is 0.622. The molecule has 1 fully saturated rings. The van der Waals surface area contributed by atoms with Crippen LogP contribution in [0, 0.1) is 0 Å². The Morgan fingerprint density at radius 1 is 1.19 bits per heavy atom. The maximum absolute atomic E-state index is 13.3. The Bertz CT molecular complexity index is 1020. The van der Waals surface area contributed by atoms with Gasteiger partial charge in [0.2, 0.25) is 5.91 Å². The van der Waals surface area contributed by atoms with Crippen LogP contribution in [0.15, 0.2) is 30.3 Å². The predicted molar refractivity (Wildman–Crippen MR) is 127 cm³/mol. The summed E-state index contributed by atoms with van der Waals surface area (Å²) in [5, 5.41) is 10.4. The summed E-state index contributed by atoms with van der Waals surface area (Å²) in [5.74, 6) is 1.20. The topological polar surface area (TPSA) is 87.3 Å². The number of amides is 2. The van der Waals surface area contributed by atoms with Crippen molar-refractivity contribution in [2.45, 2.75) is 82.9 Å². The molecule has 1 aromatic carbocycles. The molecule has 2 aliphatic rings. The van der Waals surface area contributed by atoms with E-state index in [0.717, 1.165) is 30.5 Å². The molecule has 1 aliphatic heterocycles. The molecular weight excluding hydrogens is 420 g/mol. The zero-order chi connectivity index (χ0) is 23.3. The van der Waals surface area contributed by atoms with Gasteiger partial charge in [0, 0.05) is 10.6 Å². The lowest BCUT2D eigenvalue weighted by atomic mass is 9.83. The Morgan fingerprint density at radius 3 is 2.41 bits per heavy atom. The van der Waals surface area contributed by atoms with Crippen molar-refractivity contribution in [3.8, 4) is 5.75 Å². The third-order valence-electron chi connectivity index (χ3n) is 7.45. The van der Waals surface area contributed by atoms with E-state index in [2.05, 4.69) is 35.2 Å². The van der Waals surface area contributed by atoms with Gasteiger partial charge in [0.1, 0.15) is 5.75 Å². The second kappa shape index (κ2) is 7.76. The first-order chi connectivity index (χ1) is 15.0. The molecule has 2 aromatic rings. The van der Waals surface area contributed by atoms with E-state index in [0.29, 0.717) is 18.1 Å². The van der Waals surface area contributed by atoms with Crippen molar-refractivity contribution in [1.82, 2.24) is 15.1 Å². The molecule has 2 heterocycles. The Balaban J connectivity index is 1.52. The Morgan fingerprint density at radius 2 is 1.84 bits per heavy atom. The molecule has 0 bridgehead atoms. The van der Waals surface area contributed by atoms with Crippen LogP contribution in [0.3, 0.4) is 0 Å². The van der Waals surface area contributed by atoms with Gasteiger partial charge in [0.05, 0.1) is 25.9 Å². The van der Waals surface area contributed by atoms with Crippen molar-refractivity contribution in [3.05, 3.63) is 41.6 Å². The van der Waals surface area contributed by atoms with E-state index >= 15 is 0 Å². The van der Waals surface area contributed by atoms with Crippen molar-refractivity contribution in [2.75, 3.05) is 5.32 Å². The summed E-state index contributed by atoms with van der Waals surface area (Å²) in [6, 6.07) is 9.36. The molecule has 1 atom stereocenters. The summed E-state index contributed by atoms with van der Waals surface area (Å²) in [7, 11) is -1.69. The lowest BCUT2D eigenvalue weighted by Gasteiger charge is -2.48. The van der Waals surface area contributed by atoms with Crippen molar-refractivity contribution in [1.29, 1.82) is 0 Å². The molecule has 32 heavy (non-hydrogen) atoms. The second-order valence-corrected chi connectivity index (χ2v) is 16.1. The van der Waals surface area contributed by atoms with Gasteiger partial charge in [-0.3, -0.25) is 14.7 Å². The number of hydrogen-bond acceptors (Lipinski definition) is 4. The minimum absolute atomic E-state index is 0.0839. The molecule has 4 rings (SSSR count). The number of benzene rings is 1. The molecule has 2 amide bonds. The van der Waals surface area contributed by atoms with Crippen LogP contribution in [0.2, 0.25) is 24.7 Å². The van der Waals surface area contributed by atoms with Gasteiger partial charge in [-0.05, 0) is 45.7 Å². The maximum atomic E-state index is 13.3. The second-order valence-electron chi connectivity index (χ2n) is 10.6. The smallest absolute Gasteiger partial charge is 0.264 e. The van der Waals surface area contributed by atoms with E-state index in [4.69, 9.17) is 4.74 Å². The number of fused-ring (bicyclic) bond motifs is 1. The Labute approximate surface area is 190 Å². The number of nitrogens with zero attached hydrogens (tertiary/aromatic N) is 2. The third-order valence-corrected chi connectivity index (χ3v) is 11.0. The average molecular weight is 455 g/mol. The number of anilines is 1. The number of aromatic nitrogens is 2. The summed E-state index contributed by atoms with van der Waals surface area (Å²) >= 11 is 0. The fourth-order valence-corrected chi connectivity index (χ4v) is 7.62. The standard InChI is InChI=1S/C24H34N4O3Si/c1-16(31-17-11-8-7-9-12-17)21(29)28-15-18-19(23(28,2)3)26-27-20(18)25-22(30)24(13-10-14-24)32(4,5)6/h7-9,11-12,16H,10,13-15H2,1-6H3,(H2,25,26,27,30)/t16-/m0/s1. The van der Waals surface area contributed by atoms with Crippen molar-refractivity contribution < 1.29 is 14.3 Å². The first-order valence-electron chi connectivity index (χ1n) is 11.4. The molecule has 1 aliphatic carbocycles. The lowest BCUT2D eigenvalue weighted by Crippen LogP contribution is -2.52. The number of H-pyrrole nitrogens is 1. The van der Waals surface area contributed by atoms with Crippen LogP contribution in [0.1, 0.15) is 51.3 Å². The van der Waals surface area contributed by atoms with Crippen LogP contribution in [-0.2, 0) is 21.7 Å². The van der Waals surface area contributed by atoms with E-state index in [1.807, 2.05) is 44.2 Å². The number of carbonyl (C=O) groups excluding carboxylic acids is 2. The summed E-state index contributed by atoms with van der Waals surface area (Å²) in [6.07, 6.45) is 2.37. The number of aromatic amines is 1. The molecule has 8 heteroatoms. The summed E-state index contributed by atoms with van der Waals surface area (Å²) in [6.45, 7) is 12.9. The van der Waals surface area contributed by atoms with Crippen LogP contribution < -0.4 is 10.1 Å². The van der Waals surface area contributed by atoms with Gasteiger partial charge in [-0.1, -0.05) is 44.3 Å². The first-order valence-corrected chi connectivity index (χ1v) is 14.9. The lowest BCUT2D eigenvalue weighted by molar-refractivity contribution is -0.143. The molecule has 1 aromatic heterocycles. The molecule has 0 spiro atoms. The Kier molecular flexibility index (Phi) is 5.47. The van der Waals surface area contributed by atoms with Crippen molar-refractivity contribution in [2.24, 2.45) is 0 Å². The highest BCUT2D eigenvalue weighted by atomic mass is 28.3. The van der Waals surface area contributed by atoms with Gasteiger partial charge in [-0.15, -0.1) is 0 Å². The van der Waals surface area contributed by atoms with Gasteiger partial charge in [-0.25, -0.2) is 0 Å². The molecule has 7 nitrogen and oxygen atoms in total. The van der Waals surface area contributed by atoms with E-state index in [9.17, 15) is 9.59 Å². The zero-order valence-corrected chi connectivity index (χ0v) is 20.9. The highest BCUT2D eigenvalue weighted by Gasteiger charge is 2.54. The number of para-hydroxylation sites is 1. The van der Waals surface area contributed by atoms with Crippen LogP contribution >= 0.6 is 0 Å². The number of ether oxygens (including phenoxy) is 1. The molecule has 2 N–H and O–H groups in total. The van der Waals surface area contributed by atoms with Crippen molar-refractivity contribution >= 4 is 25.7 Å². The summed E-state index contributed by atoms with van der Waals surface area (Å²) in [5.41, 5.74) is 1.17. The van der Waals surface area contributed by atoms with Gasteiger partial charge >= 0.3 is 0 Å². The third kappa shape index (κ3) is 3.54. The Hall–Kier alpha value is -2.61. The fourth-order valence-electron chi connectivity index (χ4n) is 5.02. The van der Waals surface area contributed by atoms with Crippen molar-refractivity contribution in [3.63, 3.8) is 0 Å². The van der Waals surface area contributed by atoms with E-state index in [1.165, 1.54) is 0 Å². The summed E-state index contributed by atoms with van der Waals surface area (Å²) < 4.78 is 5.87. The SMILES string of the molecule is C[C@H](Oc1ccccc1)C(=O)N1Cc2c(NC(=O)C3([Si](C)(C)C)CCC3)n[nH]c2C1(C)C. The highest BCUT2D eigenvalue weighted by Crippen LogP contribution is 2.56. The van der Waals surface area contributed by atoms with Gasteiger partial charge in [-0.2, -0.15) is 5.10 Å². The van der Waals surface area contributed by atoms with Crippen LogP contribution in [0.5, 0.6) is 5.75 Å². The number of carbonyl (C=O) groups is 2. The molecule has 0 saturated heterocycles. The zero-order valence-electron chi connectivity index (χ0n) is 19.9. The number of hydrogen-bond donors (Lipinski definition) is 2. The minimum atomic E-state index is -1.69. The average Bonchev–Trinajstić information content (AvgIpc) is 3.18. The maximum Gasteiger partial charge on any atom is 0.264 e. The minimum Gasteiger partial charge on any atom is -0.481 e. The molecule has 172 valence electrons. The molecule has 0 radical (unpaired) electrons. The van der Waals surface area contributed by atoms with Gasteiger partial charge in [0.15, 0.2) is 11.9 Å². The van der Waals surface area contributed by atoms with E-state index in [1.54, 1.807) is 11.8 Å². The first kappa shape index (κ1) is 22.6. The normalized spacial score (nSPS) is 19.6. The predicted octanol–water partition coefficient (Wildman–Crippen LogP) is 4.66. The number of nitrogens with one attached hydrogen (secondary N) is 2. The summed E-state index contributed by atoms with van der Waals surface area (Å²) in [4.78, 5) is 28.4. The van der Waals surface area contributed by atoms with Crippen LogP contribution in [0.25, 0.3) is 0 Å². The van der Waals surface area contributed by atoms with Crippen LogP contribution in [0.4, 0.5) is 5.82 Å². The monoisotopic (exact) mass is 454 g/mol. The van der Waals surface area contributed by atoms with E-state index in [-0.39, 0.29) is 16.9 Å². The highest BCUT2D eigenvalue weighted by molar-refractivity contribution is 6.83. The molecule has 0 unspecified atom stereocenters. The van der Waals surface area contributed by atoms with Gasteiger partial charge < -0.3 is 15.0 Å². The number of rotatable bonds is 6.